The Kier molecular flexibility index (Phi) is 2.93. The predicted molar refractivity (Wildman–Crippen MR) is 112 cm³/mol. The van der Waals surface area contributed by atoms with Crippen LogP contribution in [0, 0.1) is 0 Å². The molecule has 0 N–H and O–H groups in total. The molecule has 3 aromatic rings. The molecule has 2 nitrogen and oxygen atoms in total. The summed E-state index contributed by atoms with van der Waals surface area (Å²) in [6, 6.07) is 29.2. The number of nitrogens with zero attached hydrogens (tertiary/aromatic N) is 2. The third-order valence-corrected chi connectivity index (χ3v) is 7.34. The van der Waals surface area contributed by atoms with Crippen LogP contribution in [0.2, 0.25) is 0 Å². The van der Waals surface area contributed by atoms with Crippen molar-refractivity contribution in [3.63, 3.8) is 0 Å². The van der Waals surface area contributed by atoms with Gasteiger partial charge in [-0.15, -0.1) is 0 Å². The molecule has 2 heteroatoms. The summed E-state index contributed by atoms with van der Waals surface area (Å²) in [4.78, 5) is 5.26. The van der Waals surface area contributed by atoms with Crippen molar-refractivity contribution >= 4 is 17.1 Å². The fraction of sp³-hybridized carbons (Fsp3) is 0.280. The smallest absolute Gasteiger partial charge is 0.127 e. The molecular formula is C25H24N2. The van der Waals surface area contributed by atoms with E-state index in [-0.39, 0.29) is 11.1 Å². The summed E-state index contributed by atoms with van der Waals surface area (Å²) in [6.45, 7) is 0. The van der Waals surface area contributed by atoms with E-state index in [0.717, 1.165) is 6.42 Å². The lowest BCUT2D eigenvalue weighted by molar-refractivity contribution is 0.261. The fourth-order valence-corrected chi connectivity index (χ4v) is 6.42. The molecule has 2 aliphatic heterocycles. The molecule has 27 heavy (non-hydrogen) atoms. The highest BCUT2D eigenvalue weighted by molar-refractivity contribution is 5.81. The molecule has 6 rings (SSSR count). The quantitative estimate of drug-likeness (QED) is 0.558. The summed E-state index contributed by atoms with van der Waals surface area (Å²) in [5.74, 6) is 0. The third-order valence-electron chi connectivity index (χ3n) is 7.34. The predicted octanol–water partition coefficient (Wildman–Crippen LogP) is 5.65. The van der Waals surface area contributed by atoms with Gasteiger partial charge in [-0.2, -0.15) is 0 Å². The Morgan fingerprint density at radius 3 is 2.30 bits per heavy atom. The minimum atomic E-state index is -0.0214. The molecule has 1 aliphatic carbocycles. The topological polar surface area (TPSA) is 6.48 Å². The van der Waals surface area contributed by atoms with E-state index < -0.39 is 0 Å². The van der Waals surface area contributed by atoms with Crippen LogP contribution in [0.3, 0.4) is 0 Å². The first-order valence-electron chi connectivity index (χ1n) is 10.0. The van der Waals surface area contributed by atoms with Crippen molar-refractivity contribution in [3.05, 3.63) is 90.0 Å². The maximum atomic E-state index is 2.67. The first-order valence-corrected chi connectivity index (χ1v) is 10.0. The van der Waals surface area contributed by atoms with E-state index in [0.29, 0.717) is 0 Å². The highest BCUT2D eigenvalue weighted by Crippen LogP contribution is 2.66. The molecule has 2 atom stereocenters. The van der Waals surface area contributed by atoms with Crippen LogP contribution in [-0.2, 0) is 11.8 Å². The Labute approximate surface area is 161 Å². The normalized spacial score (nSPS) is 27.7. The first kappa shape index (κ1) is 15.3. The highest BCUT2D eigenvalue weighted by atomic mass is 15.4. The van der Waals surface area contributed by atoms with E-state index >= 15 is 0 Å². The molecule has 3 aliphatic rings. The van der Waals surface area contributed by atoms with Crippen LogP contribution in [0.15, 0.2) is 78.9 Å². The van der Waals surface area contributed by atoms with Crippen molar-refractivity contribution in [1.29, 1.82) is 0 Å². The van der Waals surface area contributed by atoms with E-state index in [9.17, 15) is 0 Å². The largest absolute Gasteiger partial charge is 0.350 e. The second-order valence-corrected chi connectivity index (χ2v) is 8.30. The summed E-state index contributed by atoms with van der Waals surface area (Å²) in [5.41, 5.74) is 7.24. The van der Waals surface area contributed by atoms with Gasteiger partial charge in [-0.25, -0.2) is 0 Å². The molecule has 0 spiro atoms. The van der Waals surface area contributed by atoms with Gasteiger partial charge in [-0.3, -0.25) is 0 Å². The first-order chi connectivity index (χ1) is 13.3. The Morgan fingerprint density at radius 1 is 0.741 bits per heavy atom. The van der Waals surface area contributed by atoms with Gasteiger partial charge >= 0.3 is 0 Å². The lowest BCUT2D eigenvalue weighted by Gasteiger charge is -2.57. The Balaban J connectivity index is 1.71. The monoisotopic (exact) mass is 352 g/mol. The van der Waals surface area contributed by atoms with Gasteiger partial charge in [-0.05, 0) is 61.1 Å². The van der Waals surface area contributed by atoms with Crippen LogP contribution in [0.25, 0.3) is 0 Å². The zero-order valence-electron chi connectivity index (χ0n) is 15.7. The summed E-state index contributed by atoms with van der Waals surface area (Å²) in [7, 11) is 2.32. The Hall–Kier alpha value is -2.74. The molecule has 0 radical (unpaired) electrons. The zero-order chi connectivity index (χ0) is 18.1. The number of likely N-dealkylation sites (N-methyl/N-ethyl adjacent to an activating group) is 1. The lowest BCUT2D eigenvalue weighted by atomic mass is 9.66. The van der Waals surface area contributed by atoms with Crippen LogP contribution < -0.4 is 9.80 Å². The van der Waals surface area contributed by atoms with Crippen molar-refractivity contribution in [2.45, 2.75) is 36.8 Å². The van der Waals surface area contributed by atoms with Gasteiger partial charge in [0, 0.05) is 29.5 Å². The lowest BCUT2D eigenvalue weighted by Crippen LogP contribution is -2.66. The second-order valence-electron chi connectivity index (χ2n) is 8.30. The number of rotatable bonds is 1. The number of hydrogen-bond acceptors (Lipinski definition) is 2. The minimum absolute atomic E-state index is 0.0214. The van der Waals surface area contributed by atoms with Gasteiger partial charge < -0.3 is 9.80 Å². The van der Waals surface area contributed by atoms with Gasteiger partial charge in [0.05, 0.1) is 0 Å². The minimum Gasteiger partial charge on any atom is -0.350 e. The Morgan fingerprint density at radius 2 is 1.44 bits per heavy atom. The van der Waals surface area contributed by atoms with Crippen molar-refractivity contribution in [2.75, 3.05) is 16.8 Å². The number of para-hydroxylation sites is 3. The van der Waals surface area contributed by atoms with Crippen LogP contribution >= 0.6 is 0 Å². The van der Waals surface area contributed by atoms with Gasteiger partial charge in [0.1, 0.15) is 5.66 Å². The number of benzene rings is 3. The van der Waals surface area contributed by atoms with Crippen molar-refractivity contribution in [2.24, 2.45) is 0 Å². The van der Waals surface area contributed by atoms with Crippen molar-refractivity contribution < 1.29 is 0 Å². The molecule has 1 saturated carbocycles. The summed E-state index contributed by atoms with van der Waals surface area (Å²) < 4.78 is 0. The van der Waals surface area contributed by atoms with Crippen LogP contribution in [0.5, 0.6) is 0 Å². The molecule has 3 aromatic carbocycles. The summed E-state index contributed by atoms with van der Waals surface area (Å²) >= 11 is 0. The standard InChI is InChI=1S/C25H24N2/c1-26-23-15-8-6-13-21(23)24-16-9-17-25(24,26)27(20-11-3-2-4-12-20)22-14-7-5-10-19(22)18-24/h2-8,10-15H,9,16-18H2,1H3/t24-,25-/m0/s1. The zero-order valence-corrected chi connectivity index (χ0v) is 15.7. The van der Waals surface area contributed by atoms with Crippen molar-refractivity contribution in [3.8, 4) is 0 Å². The fourth-order valence-electron chi connectivity index (χ4n) is 6.42. The summed E-state index contributed by atoms with van der Waals surface area (Å²) in [5, 5.41) is 0. The highest BCUT2D eigenvalue weighted by Gasteiger charge is 2.68. The van der Waals surface area contributed by atoms with Crippen molar-refractivity contribution in [1.82, 2.24) is 0 Å². The Bertz CT molecular complexity index is 1030. The molecule has 0 unspecified atom stereocenters. The van der Waals surface area contributed by atoms with E-state index in [4.69, 9.17) is 0 Å². The van der Waals surface area contributed by atoms with E-state index in [1.807, 2.05) is 0 Å². The van der Waals surface area contributed by atoms with Gasteiger partial charge in [-0.1, -0.05) is 54.6 Å². The molecule has 0 aromatic heterocycles. The molecule has 1 fully saturated rings. The number of hydrogen-bond donors (Lipinski definition) is 0. The average Bonchev–Trinajstić information content (AvgIpc) is 3.20. The van der Waals surface area contributed by atoms with Gasteiger partial charge in [0.2, 0.25) is 0 Å². The van der Waals surface area contributed by atoms with E-state index in [2.05, 4.69) is 95.7 Å². The van der Waals surface area contributed by atoms with E-state index in [1.54, 1.807) is 5.56 Å². The SMILES string of the molecule is CN1c2ccccc2[C@@]23CCC[C@@]12N(c1ccccc1)c1ccccc1C3. The third kappa shape index (κ3) is 1.67. The molecular weight excluding hydrogens is 328 g/mol. The molecule has 0 amide bonds. The average molecular weight is 352 g/mol. The summed E-state index contributed by atoms with van der Waals surface area (Å²) in [6.07, 6.45) is 4.86. The molecule has 2 heterocycles. The molecule has 0 saturated heterocycles. The van der Waals surface area contributed by atoms with E-state index in [1.165, 1.54) is 41.9 Å². The second kappa shape index (κ2) is 5.16. The van der Waals surface area contributed by atoms with Crippen LogP contribution in [0.1, 0.15) is 30.4 Å². The maximum absolute atomic E-state index is 2.67. The van der Waals surface area contributed by atoms with Gasteiger partial charge in [0.25, 0.3) is 0 Å². The number of fused-ring (bicyclic) bond motifs is 2. The molecule has 134 valence electrons. The number of anilines is 3. The maximum Gasteiger partial charge on any atom is 0.127 e. The molecule has 0 bridgehead atoms. The van der Waals surface area contributed by atoms with Crippen LogP contribution in [0.4, 0.5) is 17.1 Å². The van der Waals surface area contributed by atoms with Gasteiger partial charge in [0.15, 0.2) is 0 Å². The van der Waals surface area contributed by atoms with Crippen LogP contribution in [-0.4, -0.2) is 12.7 Å².